The number of aromatic hydroxyl groups is 2. The number of H-pyrrole nitrogens is 1. The fourth-order valence-corrected chi connectivity index (χ4v) is 3.69. The van der Waals surface area contributed by atoms with E-state index in [4.69, 9.17) is 19.9 Å². The fraction of sp³-hybridized carbons (Fsp3) is 0.0357. The van der Waals surface area contributed by atoms with E-state index in [-0.39, 0.29) is 11.5 Å². The van der Waals surface area contributed by atoms with Gasteiger partial charge in [-0.05, 0) is 71.8 Å². The Kier molecular flexibility index (Phi) is 7.06. The first-order chi connectivity index (χ1) is 17.7. The van der Waals surface area contributed by atoms with Gasteiger partial charge in [-0.2, -0.15) is 0 Å². The number of hydrogen-bond donors (Lipinski definition) is 5. The van der Waals surface area contributed by atoms with Crippen LogP contribution in [-0.4, -0.2) is 49.4 Å². The van der Waals surface area contributed by atoms with Gasteiger partial charge in [-0.25, -0.2) is 14.6 Å². The van der Waals surface area contributed by atoms with Crippen molar-refractivity contribution in [1.82, 2.24) is 9.97 Å². The molecule has 186 valence electrons. The Bertz CT molecular complexity index is 1440. The Morgan fingerprint density at radius 1 is 0.811 bits per heavy atom. The Balaban J connectivity index is 1.93. The van der Waals surface area contributed by atoms with Crippen molar-refractivity contribution >= 4 is 24.1 Å². The summed E-state index contributed by atoms with van der Waals surface area (Å²) >= 11 is 0. The van der Waals surface area contributed by atoms with Crippen molar-refractivity contribution in [3.8, 4) is 51.2 Å². The lowest BCUT2D eigenvalue weighted by Gasteiger charge is -2.09. The zero-order valence-corrected chi connectivity index (χ0v) is 19.5. The number of hydrogen-bond acceptors (Lipinski definition) is 6. The number of phenolic OH excluding ortho intramolecular Hbond substituents is 2. The van der Waals surface area contributed by atoms with Crippen LogP contribution in [-0.2, 0) is 9.59 Å². The molecule has 5 N–H and O–H groups in total. The summed E-state index contributed by atoms with van der Waals surface area (Å²) in [6, 6.07) is 16.3. The quantitative estimate of drug-likeness (QED) is 0.212. The molecule has 37 heavy (non-hydrogen) atoms. The van der Waals surface area contributed by atoms with Crippen molar-refractivity contribution in [3.05, 3.63) is 83.9 Å². The third kappa shape index (κ3) is 5.68. The summed E-state index contributed by atoms with van der Waals surface area (Å²) in [5.74, 6) is -1.35. The van der Waals surface area contributed by atoms with Gasteiger partial charge in [-0.3, -0.25) is 0 Å². The third-order valence-electron chi connectivity index (χ3n) is 5.47. The number of aliphatic carboxylic acids is 2. The molecule has 0 fully saturated rings. The number of carboxylic acid groups (broad SMARTS) is 2. The summed E-state index contributed by atoms with van der Waals surface area (Å²) in [6.45, 7) is 0. The van der Waals surface area contributed by atoms with Gasteiger partial charge in [0, 0.05) is 28.8 Å². The van der Waals surface area contributed by atoms with Crippen molar-refractivity contribution in [1.29, 1.82) is 0 Å². The third-order valence-corrected chi connectivity index (χ3v) is 5.47. The summed E-state index contributed by atoms with van der Waals surface area (Å²) in [6.07, 6.45) is 4.74. The maximum atomic E-state index is 11.0. The second kappa shape index (κ2) is 10.5. The van der Waals surface area contributed by atoms with Crippen LogP contribution >= 0.6 is 0 Å². The number of carbonyl (C=O) groups is 2. The van der Waals surface area contributed by atoms with Crippen molar-refractivity contribution in [2.75, 3.05) is 7.11 Å². The van der Waals surface area contributed by atoms with Crippen LogP contribution in [0.2, 0.25) is 0 Å². The zero-order valence-electron chi connectivity index (χ0n) is 19.5. The summed E-state index contributed by atoms with van der Waals surface area (Å²) in [4.78, 5) is 29.9. The topological polar surface area (TPSA) is 153 Å². The van der Waals surface area contributed by atoms with Crippen LogP contribution in [0, 0.1) is 0 Å². The molecule has 0 unspecified atom stereocenters. The lowest BCUT2D eigenvalue weighted by Crippen LogP contribution is -1.89. The highest BCUT2D eigenvalue weighted by molar-refractivity contribution is 5.90. The highest BCUT2D eigenvalue weighted by Gasteiger charge is 2.20. The van der Waals surface area contributed by atoms with Gasteiger partial charge in [0.15, 0.2) is 0 Å². The number of benzene rings is 3. The fourth-order valence-electron chi connectivity index (χ4n) is 3.69. The lowest BCUT2D eigenvalue weighted by molar-refractivity contribution is -0.132. The van der Waals surface area contributed by atoms with E-state index in [0.29, 0.717) is 50.8 Å². The van der Waals surface area contributed by atoms with E-state index in [9.17, 15) is 19.8 Å². The Morgan fingerprint density at radius 3 is 1.89 bits per heavy atom. The maximum absolute atomic E-state index is 11.0. The molecule has 0 aliphatic carbocycles. The molecule has 3 aromatic carbocycles. The van der Waals surface area contributed by atoms with E-state index in [0.717, 1.165) is 12.2 Å². The molecule has 9 nitrogen and oxygen atoms in total. The molecule has 9 heteroatoms. The van der Waals surface area contributed by atoms with Crippen LogP contribution < -0.4 is 4.74 Å². The van der Waals surface area contributed by atoms with E-state index in [1.54, 1.807) is 55.6 Å². The summed E-state index contributed by atoms with van der Waals surface area (Å²) in [5.41, 5.74) is 3.01. The second-order valence-corrected chi connectivity index (χ2v) is 7.93. The van der Waals surface area contributed by atoms with Crippen molar-refractivity contribution in [2.45, 2.75) is 0 Å². The van der Waals surface area contributed by atoms with Gasteiger partial charge in [0.25, 0.3) is 0 Å². The van der Waals surface area contributed by atoms with Gasteiger partial charge in [0.1, 0.15) is 28.8 Å². The van der Waals surface area contributed by atoms with Crippen LogP contribution in [0.3, 0.4) is 0 Å². The molecule has 4 aromatic rings. The van der Waals surface area contributed by atoms with Gasteiger partial charge in [0.2, 0.25) is 0 Å². The highest BCUT2D eigenvalue weighted by Crippen LogP contribution is 2.41. The number of aromatic amines is 1. The van der Waals surface area contributed by atoms with Gasteiger partial charge in [-0.1, -0.05) is 12.1 Å². The minimum Gasteiger partial charge on any atom is -0.507 e. The maximum Gasteiger partial charge on any atom is 0.328 e. The molecule has 1 aromatic heterocycles. The molecular formula is C28H22N2O7. The van der Waals surface area contributed by atoms with Crippen LogP contribution in [0.25, 0.3) is 46.1 Å². The second-order valence-electron chi connectivity index (χ2n) is 7.93. The molecule has 0 saturated carbocycles. The number of imidazole rings is 1. The predicted octanol–water partition coefficient (Wildman–Crippen LogP) is 5.03. The number of nitrogens with one attached hydrogen (secondary N) is 1. The molecule has 0 amide bonds. The molecule has 4 rings (SSSR count). The minimum absolute atomic E-state index is 0.0972. The van der Waals surface area contributed by atoms with E-state index < -0.39 is 11.9 Å². The number of nitrogens with zero attached hydrogens (tertiary/aromatic N) is 1. The van der Waals surface area contributed by atoms with Gasteiger partial charge in [-0.15, -0.1) is 0 Å². The van der Waals surface area contributed by atoms with Crippen molar-refractivity contribution < 1.29 is 34.8 Å². The number of carboxylic acids is 2. The van der Waals surface area contributed by atoms with Gasteiger partial charge < -0.3 is 30.1 Å². The first-order valence-corrected chi connectivity index (χ1v) is 11.0. The van der Waals surface area contributed by atoms with Gasteiger partial charge in [0.05, 0.1) is 12.8 Å². The predicted molar refractivity (Wildman–Crippen MR) is 138 cm³/mol. The molecule has 0 saturated heterocycles. The van der Waals surface area contributed by atoms with Crippen LogP contribution in [0.15, 0.2) is 72.8 Å². The molecule has 0 aliphatic heterocycles. The van der Waals surface area contributed by atoms with Crippen LogP contribution in [0.4, 0.5) is 0 Å². The van der Waals surface area contributed by atoms with Crippen LogP contribution in [0.1, 0.15) is 11.1 Å². The SMILES string of the molecule is COc1ccc(-c2nc(-c3cc(/C=C\C(=O)O)ccc3O)c(-c3cc(/C=C/C(=O)O)ccc3O)[nH]2)cc1. The monoisotopic (exact) mass is 498 g/mol. The largest absolute Gasteiger partial charge is 0.507 e. The number of aromatic nitrogens is 2. The van der Waals surface area contributed by atoms with Crippen LogP contribution in [0.5, 0.6) is 17.2 Å². The number of rotatable bonds is 8. The Labute approximate surface area is 211 Å². The Morgan fingerprint density at radius 2 is 1.35 bits per heavy atom. The first kappa shape index (κ1) is 24.8. The number of ether oxygens (including phenoxy) is 1. The Hall–Kier alpha value is -5.31. The average Bonchev–Trinajstić information content (AvgIpc) is 3.32. The lowest BCUT2D eigenvalue weighted by atomic mass is 10.00. The molecular weight excluding hydrogens is 476 g/mol. The smallest absolute Gasteiger partial charge is 0.328 e. The summed E-state index contributed by atoms with van der Waals surface area (Å²) in [5, 5.41) is 39.4. The van der Waals surface area contributed by atoms with Crippen molar-refractivity contribution in [2.24, 2.45) is 0 Å². The normalized spacial score (nSPS) is 11.3. The van der Waals surface area contributed by atoms with E-state index in [1.165, 1.54) is 24.3 Å². The molecule has 0 radical (unpaired) electrons. The van der Waals surface area contributed by atoms with E-state index >= 15 is 0 Å². The standard InChI is InChI=1S/C28H22N2O7/c1-37-19-8-6-18(7-9-19)28-29-26(20-14-16(2-10-22(20)31)4-12-24(33)34)27(30-28)21-15-17(3-11-23(21)32)5-13-25(35)36/h2-15,31-32H,1H3,(H,29,30)(H,33,34)(H,35,36)/b12-4-,13-5+. The summed E-state index contributed by atoms with van der Waals surface area (Å²) < 4.78 is 5.22. The molecule has 0 spiro atoms. The zero-order chi connectivity index (χ0) is 26.5. The molecule has 0 aliphatic rings. The number of phenols is 2. The summed E-state index contributed by atoms with van der Waals surface area (Å²) in [7, 11) is 1.56. The van der Waals surface area contributed by atoms with Gasteiger partial charge >= 0.3 is 11.9 Å². The number of methoxy groups -OCH3 is 1. The van der Waals surface area contributed by atoms with E-state index in [2.05, 4.69) is 4.98 Å². The minimum atomic E-state index is -1.12. The average molecular weight is 498 g/mol. The van der Waals surface area contributed by atoms with Crippen molar-refractivity contribution in [3.63, 3.8) is 0 Å². The molecule has 1 heterocycles. The van der Waals surface area contributed by atoms with E-state index in [1.807, 2.05) is 0 Å². The highest BCUT2D eigenvalue weighted by atomic mass is 16.5. The first-order valence-electron chi connectivity index (χ1n) is 11.0. The molecule has 0 atom stereocenters. The molecule has 0 bridgehead atoms.